The predicted octanol–water partition coefficient (Wildman–Crippen LogP) is 4.67. The van der Waals surface area contributed by atoms with Gasteiger partial charge in [-0.05, 0) is 48.0 Å². The van der Waals surface area contributed by atoms with Gasteiger partial charge in [-0.25, -0.2) is 15.0 Å². The Bertz CT molecular complexity index is 1380. The number of methoxy groups -OCH3 is 2. The lowest BCUT2D eigenvalue weighted by Crippen LogP contribution is -2.04. The SMILES string of the molecule is COCCOc1ccc2c(c1)ncn2-c1ccc2cc(-c3ccc(OC)nc3)ccc2n1. The average molecular weight is 426 g/mol. The van der Waals surface area contributed by atoms with E-state index in [2.05, 4.69) is 28.2 Å². The molecule has 0 N–H and O–H groups in total. The van der Waals surface area contributed by atoms with Crippen LogP contribution in [0, 0.1) is 0 Å². The number of hydrogen-bond acceptors (Lipinski definition) is 6. The van der Waals surface area contributed by atoms with Crippen molar-refractivity contribution in [1.29, 1.82) is 0 Å². The van der Waals surface area contributed by atoms with Gasteiger partial charge in [0.25, 0.3) is 0 Å². The molecule has 2 aromatic carbocycles. The normalized spacial score (nSPS) is 11.2. The van der Waals surface area contributed by atoms with E-state index in [1.165, 1.54) is 0 Å². The molecular weight excluding hydrogens is 404 g/mol. The second-order valence-electron chi connectivity index (χ2n) is 7.27. The molecule has 0 bridgehead atoms. The van der Waals surface area contributed by atoms with E-state index in [0.29, 0.717) is 19.1 Å². The van der Waals surface area contributed by atoms with Crippen LogP contribution < -0.4 is 9.47 Å². The van der Waals surface area contributed by atoms with Gasteiger partial charge in [0, 0.05) is 36.4 Å². The topological polar surface area (TPSA) is 71.3 Å². The van der Waals surface area contributed by atoms with E-state index in [9.17, 15) is 0 Å². The summed E-state index contributed by atoms with van der Waals surface area (Å²) in [5, 5.41) is 1.06. The van der Waals surface area contributed by atoms with Crippen molar-refractivity contribution in [2.75, 3.05) is 27.4 Å². The average Bonchev–Trinajstić information content (AvgIpc) is 3.27. The molecular formula is C25H22N4O3. The van der Waals surface area contributed by atoms with Gasteiger partial charge in [0.05, 0.1) is 30.3 Å². The zero-order chi connectivity index (χ0) is 21.9. The minimum Gasteiger partial charge on any atom is -0.491 e. The Labute approximate surface area is 185 Å². The van der Waals surface area contributed by atoms with Crippen LogP contribution in [0.4, 0.5) is 0 Å². The first-order valence-corrected chi connectivity index (χ1v) is 10.3. The summed E-state index contributed by atoms with van der Waals surface area (Å²) in [4.78, 5) is 13.7. The predicted molar refractivity (Wildman–Crippen MR) is 124 cm³/mol. The van der Waals surface area contributed by atoms with Crippen molar-refractivity contribution in [2.45, 2.75) is 0 Å². The zero-order valence-electron chi connectivity index (χ0n) is 17.9. The lowest BCUT2D eigenvalue weighted by molar-refractivity contribution is 0.146. The van der Waals surface area contributed by atoms with Crippen LogP contribution in [-0.2, 0) is 4.74 Å². The molecule has 0 saturated carbocycles. The molecule has 7 heteroatoms. The Kier molecular flexibility index (Phi) is 5.39. The molecule has 0 aliphatic heterocycles. The fourth-order valence-electron chi connectivity index (χ4n) is 3.61. The molecule has 0 amide bonds. The van der Waals surface area contributed by atoms with Crippen LogP contribution in [0.25, 0.3) is 38.9 Å². The highest BCUT2D eigenvalue weighted by molar-refractivity contribution is 5.86. The van der Waals surface area contributed by atoms with E-state index in [4.69, 9.17) is 19.2 Å². The molecule has 0 atom stereocenters. The summed E-state index contributed by atoms with van der Waals surface area (Å²) in [7, 11) is 3.27. The maximum atomic E-state index is 5.69. The van der Waals surface area contributed by atoms with Gasteiger partial charge in [0.1, 0.15) is 24.5 Å². The largest absolute Gasteiger partial charge is 0.491 e. The fraction of sp³-hybridized carbons (Fsp3) is 0.160. The van der Waals surface area contributed by atoms with Gasteiger partial charge in [0.2, 0.25) is 5.88 Å². The monoisotopic (exact) mass is 426 g/mol. The van der Waals surface area contributed by atoms with Crippen molar-refractivity contribution in [2.24, 2.45) is 0 Å². The Hall–Kier alpha value is -3.97. The van der Waals surface area contributed by atoms with E-state index in [-0.39, 0.29) is 0 Å². The number of fused-ring (bicyclic) bond motifs is 2. The lowest BCUT2D eigenvalue weighted by Gasteiger charge is -2.08. The number of imidazole rings is 1. The number of ether oxygens (including phenoxy) is 3. The van der Waals surface area contributed by atoms with E-state index in [1.54, 1.807) is 20.5 Å². The second-order valence-corrected chi connectivity index (χ2v) is 7.27. The molecule has 0 unspecified atom stereocenters. The van der Waals surface area contributed by atoms with Gasteiger partial charge in [-0.2, -0.15) is 0 Å². The smallest absolute Gasteiger partial charge is 0.212 e. The fourth-order valence-corrected chi connectivity index (χ4v) is 3.61. The second kappa shape index (κ2) is 8.64. The van der Waals surface area contributed by atoms with Gasteiger partial charge < -0.3 is 14.2 Å². The molecule has 0 saturated heterocycles. The molecule has 3 heterocycles. The number of nitrogens with zero attached hydrogens (tertiary/aromatic N) is 4. The summed E-state index contributed by atoms with van der Waals surface area (Å²) in [5.41, 5.74) is 4.84. The highest BCUT2D eigenvalue weighted by Crippen LogP contribution is 2.27. The van der Waals surface area contributed by atoms with Crippen molar-refractivity contribution in [3.05, 3.63) is 73.2 Å². The summed E-state index contributed by atoms with van der Waals surface area (Å²) >= 11 is 0. The van der Waals surface area contributed by atoms with Crippen LogP contribution in [0.2, 0.25) is 0 Å². The number of hydrogen-bond donors (Lipinski definition) is 0. The summed E-state index contributed by atoms with van der Waals surface area (Å²) in [6.07, 6.45) is 3.60. The van der Waals surface area contributed by atoms with Crippen LogP contribution in [0.3, 0.4) is 0 Å². The third-order valence-corrected chi connectivity index (χ3v) is 5.28. The first-order valence-electron chi connectivity index (χ1n) is 10.3. The molecule has 5 aromatic rings. The molecule has 0 fully saturated rings. The summed E-state index contributed by atoms with van der Waals surface area (Å²) in [5.74, 6) is 2.18. The van der Waals surface area contributed by atoms with Gasteiger partial charge in [-0.15, -0.1) is 0 Å². The molecule has 0 aliphatic carbocycles. The van der Waals surface area contributed by atoms with Crippen LogP contribution >= 0.6 is 0 Å². The summed E-state index contributed by atoms with van der Waals surface area (Å²) < 4.78 is 17.8. The van der Waals surface area contributed by atoms with Gasteiger partial charge in [0.15, 0.2) is 0 Å². The lowest BCUT2D eigenvalue weighted by atomic mass is 10.1. The Morgan fingerprint density at radius 3 is 2.53 bits per heavy atom. The quantitative estimate of drug-likeness (QED) is 0.352. The Morgan fingerprint density at radius 2 is 1.72 bits per heavy atom. The van der Waals surface area contributed by atoms with Crippen molar-refractivity contribution < 1.29 is 14.2 Å². The molecule has 0 radical (unpaired) electrons. The van der Waals surface area contributed by atoms with E-state index in [1.807, 2.05) is 53.2 Å². The molecule has 0 spiro atoms. The third kappa shape index (κ3) is 3.86. The van der Waals surface area contributed by atoms with Crippen LogP contribution in [0.1, 0.15) is 0 Å². The summed E-state index contributed by atoms with van der Waals surface area (Å²) in [6.45, 7) is 1.05. The number of aromatic nitrogens is 4. The minimum atomic E-state index is 0.503. The standard InChI is InChI=1S/C25H22N4O3/c1-30-11-12-32-20-6-8-23-22(14-20)27-16-29(23)24-9-4-18-13-17(3-7-21(18)28-24)19-5-10-25(31-2)26-15-19/h3-10,13-16H,11-12H2,1-2H3. The summed E-state index contributed by atoms with van der Waals surface area (Å²) in [6, 6.07) is 20.0. The van der Waals surface area contributed by atoms with Crippen molar-refractivity contribution >= 4 is 21.9 Å². The maximum Gasteiger partial charge on any atom is 0.212 e. The van der Waals surface area contributed by atoms with E-state index < -0.39 is 0 Å². The van der Waals surface area contributed by atoms with Gasteiger partial charge >= 0.3 is 0 Å². The maximum absolute atomic E-state index is 5.69. The van der Waals surface area contributed by atoms with Crippen molar-refractivity contribution in [3.8, 4) is 28.6 Å². The highest BCUT2D eigenvalue weighted by Gasteiger charge is 2.09. The van der Waals surface area contributed by atoms with Crippen LogP contribution in [-0.4, -0.2) is 47.0 Å². The molecule has 5 rings (SSSR count). The number of benzene rings is 2. The van der Waals surface area contributed by atoms with Gasteiger partial charge in [-0.3, -0.25) is 4.57 Å². The molecule has 32 heavy (non-hydrogen) atoms. The van der Waals surface area contributed by atoms with Crippen molar-refractivity contribution in [3.63, 3.8) is 0 Å². The first-order chi connectivity index (χ1) is 15.7. The highest BCUT2D eigenvalue weighted by atomic mass is 16.5. The Balaban J connectivity index is 1.44. The van der Waals surface area contributed by atoms with Crippen LogP contribution in [0.15, 0.2) is 73.2 Å². The third-order valence-electron chi connectivity index (χ3n) is 5.28. The van der Waals surface area contributed by atoms with Gasteiger partial charge in [-0.1, -0.05) is 6.07 Å². The van der Waals surface area contributed by atoms with E-state index >= 15 is 0 Å². The van der Waals surface area contributed by atoms with Crippen molar-refractivity contribution in [1.82, 2.24) is 19.5 Å². The zero-order valence-corrected chi connectivity index (χ0v) is 17.9. The Morgan fingerprint density at radius 1 is 0.812 bits per heavy atom. The van der Waals surface area contributed by atoms with Crippen LogP contribution in [0.5, 0.6) is 11.6 Å². The molecule has 7 nitrogen and oxygen atoms in total. The minimum absolute atomic E-state index is 0.503. The molecule has 0 aliphatic rings. The molecule has 3 aromatic heterocycles. The number of rotatable bonds is 7. The number of pyridine rings is 2. The molecule has 160 valence electrons. The first kappa shape index (κ1) is 20.0. The van der Waals surface area contributed by atoms with E-state index in [0.717, 1.165) is 44.6 Å².